The second-order valence-electron chi connectivity index (χ2n) is 5.74. The highest BCUT2D eigenvalue weighted by atomic mass is 16.5. The zero-order chi connectivity index (χ0) is 14.3. The van der Waals surface area contributed by atoms with Crippen LogP contribution < -0.4 is 14.2 Å². The molecule has 1 aromatic rings. The number of ether oxygens (including phenoxy) is 3. The Morgan fingerprint density at radius 3 is 1.85 bits per heavy atom. The van der Waals surface area contributed by atoms with Crippen molar-refractivity contribution in [3.8, 4) is 17.2 Å². The molecule has 1 aromatic carbocycles. The van der Waals surface area contributed by atoms with Crippen LogP contribution in [0.4, 0.5) is 0 Å². The summed E-state index contributed by atoms with van der Waals surface area (Å²) in [6, 6.07) is 3.78. The van der Waals surface area contributed by atoms with Gasteiger partial charge < -0.3 is 19.3 Å². The molecule has 0 aromatic heterocycles. The van der Waals surface area contributed by atoms with Crippen molar-refractivity contribution in [3.05, 3.63) is 17.7 Å². The van der Waals surface area contributed by atoms with Gasteiger partial charge in [-0.05, 0) is 42.4 Å². The average molecular weight is 278 g/mol. The number of methoxy groups -OCH3 is 3. The van der Waals surface area contributed by atoms with Gasteiger partial charge in [0.2, 0.25) is 5.75 Å². The third-order valence-electron chi connectivity index (χ3n) is 4.91. The predicted molar refractivity (Wildman–Crippen MR) is 75.4 cm³/mol. The Kier molecular flexibility index (Phi) is 3.28. The average Bonchev–Trinajstić information content (AvgIpc) is 3.12. The van der Waals surface area contributed by atoms with Crippen LogP contribution in [0.2, 0.25) is 0 Å². The molecule has 3 rings (SSSR count). The van der Waals surface area contributed by atoms with Gasteiger partial charge in [0.05, 0.1) is 26.9 Å². The Hall–Kier alpha value is -1.42. The Labute approximate surface area is 119 Å². The molecule has 110 valence electrons. The van der Waals surface area contributed by atoms with Gasteiger partial charge in [-0.15, -0.1) is 0 Å². The zero-order valence-corrected chi connectivity index (χ0v) is 12.3. The van der Waals surface area contributed by atoms with E-state index in [2.05, 4.69) is 0 Å². The SMILES string of the molecule is COc1cc(C2(O)C3CCCCC32)cc(OC)c1OC. The Morgan fingerprint density at radius 2 is 1.45 bits per heavy atom. The van der Waals surface area contributed by atoms with Gasteiger partial charge in [0.25, 0.3) is 0 Å². The van der Waals surface area contributed by atoms with E-state index in [1.165, 1.54) is 12.8 Å². The number of rotatable bonds is 4. The molecule has 2 unspecified atom stereocenters. The summed E-state index contributed by atoms with van der Waals surface area (Å²) >= 11 is 0. The molecule has 4 heteroatoms. The van der Waals surface area contributed by atoms with Crippen LogP contribution in [0.15, 0.2) is 12.1 Å². The molecule has 2 aliphatic carbocycles. The van der Waals surface area contributed by atoms with Crippen LogP contribution >= 0.6 is 0 Å². The fourth-order valence-corrected chi connectivity index (χ4v) is 3.83. The first-order chi connectivity index (χ1) is 9.66. The van der Waals surface area contributed by atoms with Gasteiger partial charge in [0, 0.05) is 0 Å². The van der Waals surface area contributed by atoms with Crippen LogP contribution in [0.25, 0.3) is 0 Å². The van der Waals surface area contributed by atoms with Gasteiger partial charge in [-0.1, -0.05) is 12.8 Å². The van der Waals surface area contributed by atoms with Crippen molar-refractivity contribution in [1.29, 1.82) is 0 Å². The van der Waals surface area contributed by atoms with E-state index in [-0.39, 0.29) is 0 Å². The van der Waals surface area contributed by atoms with Crippen molar-refractivity contribution in [2.24, 2.45) is 11.8 Å². The van der Waals surface area contributed by atoms with Crippen LogP contribution in [-0.2, 0) is 5.60 Å². The molecule has 20 heavy (non-hydrogen) atoms. The van der Waals surface area contributed by atoms with Gasteiger partial charge in [-0.25, -0.2) is 0 Å². The molecular formula is C16H22O4. The number of aliphatic hydroxyl groups is 1. The first-order valence-corrected chi connectivity index (χ1v) is 7.19. The second kappa shape index (κ2) is 4.85. The number of hydrogen-bond acceptors (Lipinski definition) is 4. The molecule has 0 aliphatic heterocycles. The molecule has 2 saturated carbocycles. The van der Waals surface area contributed by atoms with Gasteiger partial charge in [0.1, 0.15) is 0 Å². The summed E-state index contributed by atoms with van der Waals surface area (Å²) in [6.07, 6.45) is 4.65. The number of benzene rings is 1. The van der Waals surface area contributed by atoms with E-state index in [9.17, 15) is 5.11 Å². The largest absolute Gasteiger partial charge is 0.493 e. The van der Waals surface area contributed by atoms with Crippen molar-refractivity contribution < 1.29 is 19.3 Å². The first-order valence-electron chi connectivity index (χ1n) is 7.19. The van der Waals surface area contributed by atoms with Crippen LogP contribution in [0, 0.1) is 11.8 Å². The minimum Gasteiger partial charge on any atom is -0.493 e. The molecule has 4 nitrogen and oxygen atoms in total. The first kappa shape index (κ1) is 13.6. The van der Waals surface area contributed by atoms with E-state index in [0.717, 1.165) is 18.4 Å². The topological polar surface area (TPSA) is 47.9 Å². The lowest BCUT2D eigenvalue weighted by Gasteiger charge is -2.17. The van der Waals surface area contributed by atoms with Gasteiger partial charge >= 0.3 is 0 Å². The lowest BCUT2D eigenvalue weighted by atomic mass is 10.0. The summed E-state index contributed by atoms with van der Waals surface area (Å²) in [5, 5.41) is 11.0. The number of fused-ring (bicyclic) bond motifs is 1. The predicted octanol–water partition coefficient (Wildman–Crippen LogP) is 2.72. The maximum Gasteiger partial charge on any atom is 0.203 e. The zero-order valence-electron chi connectivity index (χ0n) is 12.3. The Bertz CT molecular complexity index is 474. The Morgan fingerprint density at radius 1 is 0.950 bits per heavy atom. The quantitative estimate of drug-likeness (QED) is 0.920. The third kappa shape index (κ3) is 1.78. The fourth-order valence-electron chi connectivity index (χ4n) is 3.83. The minimum atomic E-state index is -0.705. The number of hydrogen-bond donors (Lipinski definition) is 1. The molecule has 2 atom stereocenters. The van der Waals surface area contributed by atoms with E-state index >= 15 is 0 Å². The van der Waals surface area contributed by atoms with Crippen LogP contribution in [0.5, 0.6) is 17.2 Å². The summed E-state index contributed by atoms with van der Waals surface area (Å²) in [5.41, 5.74) is 0.187. The molecular weight excluding hydrogens is 256 g/mol. The van der Waals surface area contributed by atoms with Crippen molar-refractivity contribution in [3.63, 3.8) is 0 Å². The molecule has 0 heterocycles. The Balaban J connectivity index is 2.02. The molecule has 0 radical (unpaired) electrons. The fraction of sp³-hybridized carbons (Fsp3) is 0.625. The standard InChI is InChI=1S/C16H22O4/c1-18-13-8-10(9-14(19-2)15(13)20-3)16(17)11-6-4-5-7-12(11)16/h8-9,11-12,17H,4-7H2,1-3H3. The van der Waals surface area contributed by atoms with Crippen molar-refractivity contribution in [2.45, 2.75) is 31.3 Å². The smallest absolute Gasteiger partial charge is 0.203 e. The lowest BCUT2D eigenvalue weighted by molar-refractivity contribution is 0.117. The van der Waals surface area contributed by atoms with Crippen LogP contribution in [-0.4, -0.2) is 26.4 Å². The molecule has 0 bridgehead atoms. The summed E-state index contributed by atoms with van der Waals surface area (Å²) in [6.45, 7) is 0. The monoisotopic (exact) mass is 278 g/mol. The van der Waals surface area contributed by atoms with Crippen LogP contribution in [0.1, 0.15) is 31.2 Å². The van der Waals surface area contributed by atoms with E-state index in [4.69, 9.17) is 14.2 Å². The third-order valence-corrected chi connectivity index (χ3v) is 4.91. The van der Waals surface area contributed by atoms with Crippen LogP contribution in [0.3, 0.4) is 0 Å². The van der Waals surface area contributed by atoms with Crippen molar-refractivity contribution in [1.82, 2.24) is 0 Å². The van der Waals surface area contributed by atoms with Gasteiger partial charge in [0.15, 0.2) is 11.5 Å². The minimum absolute atomic E-state index is 0.388. The summed E-state index contributed by atoms with van der Waals surface area (Å²) in [7, 11) is 4.79. The summed E-state index contributed by atoms with van der Waals surface area (Å²) in [5.74, 6) is 2.57. The van der Waals surface area contributed by atoms with E-state index in [1.807, 2.05) is 12.1 Å². The maximum absolute atomic E-state index is 11.0. The van der Waals surface area contributed by atoms with E-state index < -0.39 is 5.60 Å². The molecule has 0 saturated heterocycles. The summed E-state index contributed by atoms with van der Waals surface area (Å²) < 4.78 is 16.1. The highest BCUT2D eigenvalue weighted by Gasteiger charge is 2.64. The highest BCUT2D eigenvalue weighted by molar-refractivity contribution is 5.56. The molecule has 0 amide bonds. The maximum atomic E-state index is 11.0. The normalized spacial score (nSPS) is 31.4. The second-order valence-corrected chi connectivity index (χ2v) is 5.74. The van der Waals surface area contributed by atoms with E-state index in [0.29, 0.717) is 29.1 Å². The van der Waals surface area contributed by atoms with Crippen molar-refractivity contribution >= 4 is 0 Å². The molecule has 2 aliphatic rings. The van der Waals surface area contributed by atoms with Gasteiger partial charge in [-0.3, -0.25) is 0 Å². The molecule has 2 fully saturated rings. The van der Waals surface area contributed by atoms with E-state index in [1.54, 1.807) is 21.3 Å². The summed E-state index contributed by atoms with van der Waals surface area (Å²) in [4.78, 5) is 0. The molecule has 1 N–H and O–H groups in total. The molecule has 0 spiro atoms. The van der Waals surface area contributed by atoms with Crippen molar-refractivity contribution in [2.75, 3.05) is 21.3 Å². The highest BCUT2D eigenvalue weighted by Crippen LogP contribution is 2.65. The van der Waals surface area contributed by atoms with Gasteiger partial charge in [-0.2, -0.15) is 0 Å². The lowest BCUT2D eigenvalue weighted by Crippen LogP contribution is -2.11.